The summed E-state index contributed by atoms with van der Waals surface area (Å²) in [4.78, 5) is 11.7. The number of carbonyl (C=O) groups is 1. The summed E-state index contributed by atoms with van der Waals surface area (Å²) in [6, 6.07) is 3.78. The van der Waals surface area contributed by atoms with Gasteiger partial charge in [-0.1, -0.05) is 6.07 Å². The van der Waals surface area contributed by atoms with Gasteiger partial charge in [-0.15, -0.1) is 0 Å². The first-order chi connectivity index (χ1) is 9.38. The van der Waals surface area contributed by atoms with E-state index in [2.05, 4.69) is 10.6 Å². The van der Waals surface area contributed by atoms with Crippen LogP contribution in [0.4, 0.5) is 18.9 Å². The van der Waals surface area contributed by atoms with E-state index in [4.69, 9.17) is 0 Å². The average Bonchev–Trinajstić information content (AvgIpc) is 3.14. The summed E-state index contributed by atoms with van der Waals surface area (Å²) in [5.74, 6) is 0.325. The molecule has 0 atom stereocenters. The van der Waals surface area contributed by atoms with E-state index in [9.17, 15) is 18.0 Å². The van der Waals surface area contributed by atoms with E-state index in [1.54, 1.807) is 0 Å². The number of hydrogen-bond acceptors (Lipinski definition) is 2. The molecule has 3 nitrogen and oxygen atoms in total. The molecule has 1 fully saturated rings. The van der Waals surface area contributed by atoms with E-state index in [0.717, 1.165) is 12.6 Å². The Balaban J connectivity index is 1.95. The van der Waals surface area contributed by atoms with Crippen molar-refractivity contribution < 1.29 is 18.0 Å². The molecule has 0 aromatic heterocycles. The van der Waals surface area contributed by atoms with Gasteiger partial charge in [-0.05, 0) is 49.9 Å². The van der Waals surface area contributed by atoms with Crippen LogP contribution in [0.15, 0.2) is 18.2 Å². The lowest BCUT2D eigenvalue weighted by atomic mass is 10.1. The summed E-state index contributed by atoms with van der Waals surface area (Å²) < 4.78 is 38.2. The van der Waals surface area contributed by atoms with Crippen LogP contribution in [0, 0.1) is 12.8 Å². The van der Waals surface area contributed by atoms with Gasteiger partial charge in [0.05, 0.1) is 12.1 Å². The summed E-state index contributed by atoms with van der Waals surface area (Å²) in [6.07, 6.45) is -2.04. The zero-order chi connectivity index (χ0) is 14.8. The highest BCUT2D eigenvalue weighted by molar-refractivity contribution is 5.93. The Morgan fingerprint density at radius 1 is 1.35 bits per heavy atom. The Bertz CT molecular complexity index is 496. The number of hydrogen-bond donors (Lipinski definition) is 2. The molecule has 1 aromatic rings. The zero-order valence-electron chi connectivity index (χ0n) is 11.2. The molecule has 1 aliphatic carbocycles. The van der Waals surface area contributed by atoms with Crippen LogP contribution in [0.25, 0.3) is 0 Å². The number of anilines is 1. The maximum absolute atomic E-state index is 12.7. The highest BCUT2D eigenvalue weighted by Crippen LogP contribution is 2.34. The number of carbonyl (C=O) groups excluding carboxylic acids is 1. The lowest BCUT2D eigenvalue weighted by Crippen LogP contribution is -2.29. The van der Waals surface area contributed by atoms with Gasteiger partial charge in [-0.3, -0.25) is 4.79 Å². The lowest BCUT2D eigenvalue weighted by molar-refractivity contribution is -0.138. The summed E-state index contributed by atoms with van der Waals surface area (Å²) in [5, 5.41) is 5.51. The summed E-state index contributed by atoms with van der Waals surface area (Å²) >= 11 is 0. The average molecular weight is 286 g/mol. The number of halogens is 3. The first-order valence-electron chi connectivity index (χ1n) is 6.55. The molecule has 2 N–H and O–H groups in total. The third kappa shape index (κ3) is 3.96. The molecule has 20 heavy (non-hydrogen) atoms. The number of alkyl halides is 3. The molecule has 0 spiro atoms. The molecular formula is C14H17F3N2O. The van der Waals surface area contributed by atoms with E-state index in [0.29, 0.717) is 5.92 Å². The van der Waals surface area contributed by atoms with Crippen LogP contribution in [0.1, 0.15) is 24.0 Å². The van der Waals surface area contributed by atoms with Crippen molar-refractivity contribution in [3.63, 3.8) is 0 Å². The van der Waals surface area contributed by atoms with Gasteiger partial charge in [0.2, 0.25) is 5.91 Å². The second-order valence-electron chi connectivity index (χ2n) is 5.10. The van der Waals surface area contributed by atoms with Crippen molar-refractivity contribution in [2.24, 2.45) is 5.92 Å². The second kappa shape index (κ2) is 5.83. The van der Waals surface area contributed by atoms with Gasteiger partial charge in [0.15, 0.2) is 0 Å². The fourth-order valence-corrected chi connectivity index (χ4v) is 1.98. The van der Waals surface area contributed by atoms with Crippen LogP contribution in [0.5, 0.6) is 0 Å². The molecule has 110 valence electrons. The molecule has 1 amide bonds. The second-order valence-corrected chi connectivity index (χ2v) is 5.10. The van der Waals surface area contributed by atoms with E-state index in [-0.39, 0.29) is 23.7 Å². The minimum Gasteiger partial charge on any atom is -0.325 e. The van der Waals surface area contributed by atoms with E-state index < -0.39 is 11.7 Å². The molecule has 6 heteroatoms. The maximum atomic E-state index is 12.7. The van der Waals surface area contributed by atoms with E-state index >= 15 is 0 Å². The van der Waals surface area contributed by atoms with Crippen molar-refractivity contribution in [3.8, 4) is 0 Å². The maximum Gasteiger partial charge on any atom is 0.416 e. The van der Waals surface area contributed by atoms with Gasteiger partial charge in [0.25, 0.3) is 0 Å². The normalized spacial score (nSPS) is 15.2. The molecule has 0 bridgehead atoms. The molecule has 0 saturated heterocycles. The third-order valence-electron chi connectivity index (χ3n) is 3.33. The minimum atomic E-state index is -4.41. The summed E-state index contributed by atoms with van der Waals surface area (Å²) in [5.41, 5.74) is -0.477. The third-order valence-corrected chi connectivity index (χ3v) is 3.33. The molecule has 1 aliphatic rings. The molecule has 0 aliphatic heterocycles. The summed E-state index contributed by atoms with van der Waals surface area (Å²) in [7, 11) is 0. The fourth-order valence-electron chi connectivity index (χ4n) is 1.98. The van der Waals surface area contributed by atoms with Gasteiger partial charge in [0.1, 0.15) is 0 Å². The van der Waals surface area contributed by atoms with E-state index in [1.807, 2.05) is 0 Å². The first-order valence-corrected chi connectivity index (χ1v) is 6.55. The van der Waals surface area contributed by atoms with Gasteiger partial charge in [-0.2, -0.15) is 13.2 Å². The van der Waals surface area contributed by atoms with Crippen LogP contribution in [0.2, 0.25) is 0 Å². The topological polar surface area (TPSA) is 41.1 Å². The van der Waals surface area contributed by atoms with Crippen LogP contribution in [-0.4, -0.2) is 19.0 Å². The molecule has 2 rings (SSSR count). The van der Waals surface area contributed by atoms with Crippen molar-refractivity contribution in [3.05, 3.63) is 29.3 Å². The predicted molar refractivity (Wildman–Crippen MR) is 70.4 cm³/mol. The predicted octanol–water partition coefficient (Wildman–Crippen LogP) is 2.95. The largest absolute Gasteiger partial charge is 0.416 e. The summed E-state index contributed by atoms with van der Waals surface area (Å²) in [6.45, 7) is 2.26. The highest BCUT2D eigenvalue weighted by Gasteiger charge is 2.33. The van der Waals surface area contributed by atoms with Gasteiger partial charge in [-0.25, -0.2) is 0 Å². The van der Waals surface area contributed by atoms with Crippen LogP contribution < -0.4 is 10.6 Å². The van der Waals surface area contributed by atoms with Gasteiger partial charge >= 0.3 is 6.18 Å². The van der Waals surface area contributed by atoms with Crippen LogP contribution >= 0.6 is 0 Å². The Labute approximate surface area is 115 Å². The Morgan fingerprint density at radius 3 is 2.65 bits per heavy atom. The number of nitrogens with one attached hydrogen (secondary N) is 2. The number of benzene rings is 1. The van der Waals surface area contributed by atoms with Crippen LogP contribution in [-0.2, 0) is 11.0 Å². The van der Waals surface area contributed by atoms with Crippen molar-refractivity contribution in [1.82, 2.24) is 5.32 Å². The number of amides is 1. The minimum absolute atomic E-state index is 0.0375. The SMILES string of the molecule is Cc1c(NC(=O)CNCC2CC2)cccc1C(F)(F)F. The number of rotatable bonds is 5. The Morgan fingerprint density at radius 2 is 2.05 bits per heavy atom. The molecule has 1 aromatic carbocycles. The van der Waals surface area contributed by atoms with Gasteiger partial charge < -0.3 is 10.6 Å². The monoisotopic (exact) mass is 286 g/mol. The van der Waals surface area contributed by atoms with Gasteiger partial charge in [0, 0.05) is 5.69 Å². The van der Waals surface area contributed by atoms with Crippen molar-refractivity contribution in [1.29, 1.82) is 0 Å². The Hall–Kier alpha value is -1.56. The molecular weight excluding hydrogens is 269 g/mol. The molecule has 1 saturated carbocycles. The lowest BCUT2D eigenvalue weighted by Gasteiger charge is -2.14. The van der Waals surface area contributed by atoms with Crippen molar-refractivity contribution in [2.45, 2.75) is 25.9 Å². The molecule has 0 unspecified atom stereocenters. The quantitative estimate of drug-likeness (QED) is 0.873. The van der Waals surface area contributed by atoms with Crippen LogP contribution in [0.3, 0.4) is 0 Å². The zero-order valence-corrected chi connectivity index (χ0v) is 11.2. The first kappa shape index (κ1) is 14.8. The molecule has 0 radical (unpaired) electrons. The molecule has 0 heterocycles. The van der Waals surface area contributed by atoms with Crippen molar-refractivity contribution >= 4 is 11.6 Å². The fraction of sp³-hybridized carbons (Fsp3) is 0.500. The Kier molecular flexibility index (Phi) is 4.32. The standard InChI is InChI=1S/C14H17F3N2O/c1-9-11(14(15,16)17)3-2-4-12(9)19-13(20)8-18-7-10-5-6-10/h2-4,10,18H,5-8H2,1H3,(H,19,20). The smallest absolute Gasteiger partial charge is 0.325 e. The highest BCUT2D eigenvalue weighted by atomic mass is 19.4. The van der Waals surface area contributed by atoms with Crippen molar-refractivity contribution in [2.75, 3.05) is 18.4 Å². The van der Waals surface area contributed by atoms with E-state index in [1.165, 1.54) is 31.9 Å².